The van der Waals surface area contributed by atoms with Crippen LogP contribution in [0, 0.1) is 6.92 Å². The molecule has 0 spiro atoms. The molecular weight excluding hydrogens is 278 g/mol. The van der Waals surface area contributed by atoms with Crippen molar-refractivity contribution in [1.82, 2.24) is 0 Å². The Balaban J connectivity index is 2.10. The molecule has 0 aliphatic carbocycles. The molecule has 17 heavy (non-hydrogen) atoms. The van der Waals surface area contributed by atoms with Crippen molar-refractivity contribution in [3.63, 3.8) is 0 Å². The first-order valence-electron chi connectivity index (χ1n) is 5.39. The molecule has 0 aromatic heterocycles. The third kappa shape index (κ3) is 3.01. The highest BCUT2D eigenvalue weighted by Gasteiger charge is 2.04. The minimum absolute atomic E-state index is 0.469. The molecule has 0 unspecified atom stereocenters. The maximum Gasteiger partial charge on any atom is 0.119 e. The van der Waals surface area contributed by atoms with E-state index in [9.17, 15) is 0 Å². The van der Waals surface area contributed by atoms with E-state index in [0.717, 1.165) is 21.5 Å². The standard InChI is InChI=1S/C14H14BrNO/c1-10-5-7-11(8-6-10)17-9-12-13(15)3-2-4-14(12)16/h2-8H,9,16H2,1H3. The molecule has 0 saturated carbocycles. The van der Waals surface area contributed by atoms with Crippen LogP contribution in [0.2, 0.25) is 0 Å². The van der Waals surface area contributed by atoms with Gasteiger partial charge in [-0.25, -0.2) is 0 Å². The lowest BCUT2D eigenvalue weighted by molar-refractivity contribution is 0.306. The quantitative estimate of drug-likeness (QED) is 0.870. The van der Waals surface area contributed by atoms with Crippen LogP contribution in [0.1, 0.15) is 11.1 Å². The molecule has 2 aromatic rings. The second kappa shape index (κ2) is 5.23. The Kier molecular flexibility index (Phi) is 3.69. The fourth-order valence-electron chi connectivity index (χ4n) is 1.52. The van der Waals surface area contributed by atoms with E-state index in [2.05, 4.69) is 22.9 Å². The monoisotopic (exact) mass is 291 g/mol. The van der Waals surface area contributed by atoms with Gasteiger partial charge < -0.3 is 10.5 Å². The summed E-state index contributed by atoms with van der Waals surface area (Å²) in [5.74, 6) is 0.853. The van der Waals surface area contributed by atoms with Gasteiger partial charge in [0.05, 0.1) is 0 Å². The fourth-order valence-corrected chi connectivity index (χ4v) is 2.01. The number of hydrogen-bond acceptors (Lipinski definition) is 2. The molecule has 0 bridgehead atoms. The van der Waals surface area contributed by atoms with E-state index in [1.165, 1.54) is 5.56 Å². The third-order valence-corrected chi connectivity index (χ3v) is 3.30. The Hall–Kier alpha value is -1.48. The summed E-state index contributed by atoms with van der Waals surface area (Å²) >= 11 is 3.47. The van der Waals surface area contributed by atoms with Gasteiger partial charge in [-0.05, 0) is 31.2 Å². The molecule has 0 amide bonds. The van der Waals surface area contributed by atoms with Gasteiger partial charge in [-0.1, -0.05) is 39.7 Å². The maximum atomic E-state index is 5.90. The lowest BCUT2D eigenvalue weighted by Gasteiger charge is -2.10. The van der Waals surface area contributed by atoms with E-state index in [0.29, 0.717) is 6.61 Å². The normalized spacial score (nSPS) is 10.2. The topological polar surface area (TPSA) is 35.2 Å². The van der Waals surface area contributed by atoms with Crippen molar-refractivity contribution in [3.05, 3.63) is 58.1 Å². The van der Waals surface area contributed by atoms with Crippen LogP contribution in [0.3, 0.4) is 0 Å². The van der Waals surface area contributed by atoms with Gasteiger partial charge in [-0.2, -0.15) is 0 Å². The summed E-state index contributed by atoms with van der Waals surface area (Å²) < 4.78 is 6.68. The SMILES string of the molecule is Cc1ccc(OCc2c(N)cccc2Br)cc1. The number of rotatable bonds is 3. The number of hydrogen-bond donors (Lipinski definition) is 1. The largest absolute Gasteiger partial charge is 0.489 e. The lowest BCUT2D eigenvalue weighted by Crippen LogP contribution is -2.01. The molecule has 0 radical (unpaired) electrons. The van der Waals surface area contributed by atoms with Crippen molar-refractivity contribution in [2.75, 3.05) is 5.73 Å². The van der Waals surface area contributed by atoms with Crippen molar-refractivity contribution in [2.24, 2.45) is 0 Å². The van der Waals surface area contributed by atoms with E-state index in [1.807, 2.05) is 42.5 Å². The summed E-state index contributed by atoms with van der Waals surface area (Å²) in [6.07, 6.45) is 0. The van der Waals surface area contributed by atoms with E-state index in [4.69, 9.17) is 10.5 Å². The molecule has 0 aliphatic heterocycles. The highest BCUT2D eigenvalue weighted by Crippen LogP contribution is 2.24. The molecule has 2 rings (SSSR count). The van der Waals surface area contributed by atoms with Gasteiger partial charge in [0.2, 0.25) is 0 Å². The van der Waals surface area contributed by atoms with Gasteiger partial charge >= 0.3 is 0 Å². The number of nitrogens with two attached hydrogens (primary N) is 1. The first-order chi connectivity index (χ1) is 8.16. The predicted octanol–water partition coefficient (Wildman–Crippen LogP) is 3.92. The molecule has 0 heterocycles. The van der Waals surface area contributed by atoms with Crippen LogP contribution in [0.4, 0.5) is 5.69 Å². The molecule has 0 atom stereocenters. The first kappa shape index (κ1) is 12.0. The predicted molar refractivity (Wildman–Crippen MR) is 74.1 cm³/mol. The van der Waals surface area contributed by atoms with E-state index in [-0.39, 0.29) is 0 Å². The lowest BCUT2D eigenvalue weighted by atomic mass is 10.2. The number of benzene rings is 2. The van der Waals surface area contributed by atoms with Crippen LogP contribution >= 0.6 is 15.9 Å². The van der Waals surface area contributed by atoms with Gasteiger partial charge in [0.1, 0.15) is 12.4 Å². The maximum absolute atomic E-state index is 5.90. The van der Waals surface area contributed by atoms with Gasteiger partial charge in [0.25, 0.3) is 0 Å². The molecular formula is C14H14BrNO. The number of aryl methyl sites for hydroxylation is 1. The van der Waals surface area contributed by atoms with Crippen molar-refractivity contribution < 1.29 is 4.74 Å². The summed E-state index contributed by atoms with van der Waals surface area (Å²) in [4.78, 5) is 0. The molecule has 3 heteroatoms. The highest BCUT2D eigenvalue weighted by atomic mass is 79.9. The zero-order chi connectivity index (χ0) is 12.3. The highest BCUT2D eigenvalue weighted by molar-refractivity contribution is 9.10. The first-order valence-corrected chi connectivity index (χ1v) is 6.18. The van der Waals surface area contributed by atoms with Gasteiger partial charge in [-0.3, -0.25) is 0 Å². The third-order valence-electron chi connectivity index (χ3n) is 2.56. The van der Waals surface area contributed by atoms with Crippen molar-refractivity contribution >= 4 is 21.6 Å². The number of anilines is 1. The Morgan fingerprint density at radius 2 is 1.82 bits per heavy atom. The van der Waals surface area contributed by atoms with E-state index in [1.54, 1.807) is 0 Å². The summed E-state index contributed by atoms with van der Waals surface area (Å²) in [5.41, 5.74) is 8.84. The summed E-state index contributed by atoms with van der Waals surface area (Å²) in [7, 11) is 0. The van der Waals surface area contributed by atoms with Crippen LogP contribution in [-0.2, 0) is 6.61 Å². The van der Waals surface area contributed by atoms with Crippen LogP contribution < -0.4 is 10.5 Å². The summed E-state index contributed by atoms with van der Waals surface area (Å²) in [5, 5.41) is 0. The molecule has 0 saturated heterocycles. The Bertz CT molecular complexity index is 488. The number of ether oxygens (including phenoxy) is 1. The molecule has 2 nitrogen and oxygen atoms in total. The number of halogens is 1. The van der Waals surface area contributed by atoms with Gasteiger partial charge in [0, 0.05) is 15.7 Å². The Morgan fingerprint density at radius 3 is 2.47 bits per heavy atom. The smallest absolute Gasteiger partial charge is 0.119 e. The average Bonchev–Trinajstić information content (AvgIpc) is 2.31. The van der Waals surface area contributed by atoms with Gasteiger partial charge in [0.15, 0.2) is 0 Å². The van der Waals surface area contributed by atoms with E-state index >= 15 is 0 Å². The van der Waals surface area contributed by atoms with Crippen LogP contribution in [-0.4, -0.2) is 0 Å². The fraction of sp³-hybridized carbons (Fsp3) is 0.143. The van der Waals surface area contributed by atoms with E-state index < -0.39 is 0 Å². The van der Waals surface area contributed by atoms with Crippen LogP contribution in [0.5, 0.6) is 5.75 Å². The average molecular weight is 292 g/mol. The Labute approximate surface area is 110 Å². The summed E-state index contributed by atoms with van der Waals surface area (Å²) in [6, 6.07) is 13.7. The molecule has 2 aromatic carbocycles. The number of nitrogen functional groups attached to an aromatic ring is 1. The molecule has 0 fully saturated rings. The van der Waals surface area contributed by atoms with Crippen molar-refractivity contribution in [2.45, 2.75) is 13.5 Å². The molecule has 88 valence electrons. The van der Waals surface area contributed by atoms with Gasteiger partial charge in [-0.15, -0.1) is 0 Å². The zero-order valence-corrected chi connectivity index (χ0v) is 11.2. The van der Waals surface area contributed by atoms with Crippen molar-refractivity contribution in [3.8, 4) is 5.75 Å². The van der Waals surface area contributed by atoms with Crippen molar-refractivity contribution in [1.29, 1.82) is 0 Å². The minimum atomic E-state index is 0.469. The summed E-state index contributed by atoms with van der Waals surface area (Å²) in [6.45, 7) is 2.52. The molecule has 0 aliphatic rings. The second-order valence-electron chi connectivity index (χ2n) is 3.91. The van der Waals surface area contributed by atoms with Crippen LogP contribution in [0.25, 0.3) is 0 Å². The minimum Gasteiger partial charge on any atom is -0.489 e. The van der Waals surface area contributed by atoms with Crippen LogP contribution in [0.15, 0.2) is 46.9 Å². The second-order valence-corrected chi connectivity index (χ2v) is 4.76. The zero-order valence-electron chi connectivity index (χ0n) is 9.61. The Morgan fingerprint density at radius 1 is 1.12 bits per heavy atom. The molecule has 2 N–H and O–H groups in total.